The van der Waals surface area contributed by atoms with Crippen molar-refractivity contribution in [2.45, 2.75) is 18.7 Å². The summed E-state index contributed by atoms with van der Waals surface area (Å²) in [6.07, 6.45) is 4.43. The van der Waals surface area contributed by atoms with Crippen molar-refractivity contribution in [3.05, 3.63) is 70.8 Å². The third-order valence-electron chi connectivity index (χ3n) is 3.41. The molecule has 2 rings (SSSR count). The van der Waals surface area contributed by atoms with Gasteiger partial charge in [0, 0.05) is 11.8 Å². The van der Waals surface area contributed by atoms with Crippen LogP contribution < -0.4 is 0 Å². The molecule has 0 heterocycles. The van der Waals surface area contributed by atoms with Crippen molar-refractivity contribution in [2.24, 2.45) is 0 Å². The average Bonchev–Trinajstić information content (AvgIpc) is 2.45. The summed E-state index contributed by atoms with van der Waals surface area (Å²) >= 11 is 0. The SMILES string of the molecule is Cc1ccc(/C=C/C(=O)c2ccc(S(C)(=O)=O)cc2)c(C)c1. The van der Waals surface area contributed by atoms with Crippen LogP contribution in [0.2, 0.25) is 0 Å². The molecule has 3 nitrogen and oxygen atoms in total. The molecule has 22 heavy (non-hydrogen) atoms. The molecule has 0 aliphatic carbocycles. The van der Waals surface area contributed by atoms with Gasteiger partial charge in [-0.1, -0.05) is 29.8 Å². The molecule has 0 amide bonds. The summed E-state index contributed by atoms with van der Waals surface area (Å²) in [6.45, 7) is 4.02. The fraction of sp³-hybridized carbons (Fsp3) is 0.167. The molecule has 0 aromatic heterocycles. The van der Waals surface area contributed by atoms with Crippen LogP contribution in [0.15, 0.2) is 53.4 Å². The Morgan fingerprint density at radius 2 is 1.64 bits per heavy atom. The Bertz CT molecular complexity index is 829. The van der Waals surface area contributed by atoms with E-state index in [0.29, 0.717) is 5.56 Å². The minimum atomic E-state index is -3.24. The van der Waals surface area contributed by atoms with Gasteiger partial charge in [0.2, 0.25) is 0 Å². The first kappa shape index (κ1) is 16.2. The molecule has 0 aliphatic rings. The van der Waals surface area contributed by atoms with Gasteiger partial charge in [-0.2, -0.15) is 0 Å². The number of ketones is 1. The Hall–Kier alpha value is -2.20. The van der Waals surface area contributed by atoms with Crippen molar-refractivity contribution in [1.82, 2.24) is 0 Å². The third-order valence-corrected chi connectivity index (χ3v) is 4.54. The number of aryl methyl sites for hydroxylation is 2. The third kappa shape index (κ3) is 3.92. The molecule has 0 bridgehead atoms. The second-order valence-corrected chi connectivity index (χ2v) is 7.37. The largest absolute Gasteiger partial charge is 0.289 e. The van der Waals surface area contributed by atoms with Crippen LogP contribution in [0.4, 0.5) is 0 Å². The molecule has 0 unspecified atom stereocenters. The lowest BCUT2D eigenvalue weighted by Gasteiger charge is -2.02. The van der Waals surface area contributed by atoms with Gasteiger partial charge >= 0.3 is 0 Å². The molecule has 0 radical (unpaired) electrons. The minimum Gasteiger partial charge on any atom is -0.289 e. The first-order valence-corrected chi connectivity index (χ1v) is 8.76. The maximum Gasteiger partial charge on any atom is 0.185 e. The number of sulfone groups is 1. The molecule has 4 heteroatoms. The second-order valence-electron chi connectivity index (χ2n) is 5.35. The van der Waals surface area contributed by atoms with E-state index in [1.165, 1.54) is 35.9 Å². The summed E-state index contributed by atoms with van der Waals surface area (Å²) in [6, 6.07) is 12.0. The summed E-state index contributed by atoms with van der Waals surface area (Å²) in [5.74, 6) is -0.153. The standard InChI is InChI=1S/C18H18O3S/c1-13-4-5-15(14(2)12-13)8-11-18(19)16-6-9-17(10-7-16)22(3,20)21/h4-12H,1-3H3/b11-8+. The van der Waals surface area contributed by atoms with Crippen molar-refractivity contribution < 1.29 is 13.2 Å². The number of allylic oxidation sites excluding steroid dienone is 1. The van der Waals surface area contributed by atoms with E-state index in [0.717, 1.165) is 17.4 Å². The second kappa shape index (κ2) is 6.28. The molecule has 2 aromatic rings. The zero-order chi connectivity index (χ0) is 16.3. The maximum atomic E-state index is 12.1. The average molecular weight is 314 g/mol. The number of rotatable bonds is 4. The first-order valence-electron chi connectivity index (χ1n) is 6.87. The van der Waals surface area contributed by atoms with Crippen LogP contribution in [0.5, 0.6) is 0 Å². The number of hydrogen-bond acceptors (Lipinski definition) is 3. The summed E-state index contributed by atoms with van der Waals surface area (Å²) in [5.41, 5.74) is 3.74. The minimum absolute atomic E-state index is 0.153. The van der Waals surface area contributed by atoms with Gasteiger partial charge in [0.25, 0.3) is 0 Å². The number of carbonyl (C=O) groups is 1. The highest BCUT2D eigenvalue weighted by Gasteiger charge is 2.08. The van der Waals surface area contributed by atoms with E-state index in [9.17, 15) is 13.2 Å². The Labute approximate surface area is 131 Å². The molecule has 114 valence electrons. The summed E-state index contributed by atoms with van der Waals surface area (Å²) in [5, 5.41) is 0. The van der Waals surface area contributed by atoms with Crippen molar-refractivity contribution in [3.63, 3.8) is 0 Å². The van der Waals surface area contributed by atoms with Crippen LogP contribution in [0.1, 0.15) is 27.0 Å². The van der Waals surface area contributed by atoms with Crippen LogP contribution in [-0.4, -0.2) is 20.5 Å². The molecule has 0 saturated heterocycles. The smallest absolute Gasteiger partial charge is 0.185 e. The molecule has 2 aromatic carbocycles. The molecule has 0 aliphatic heterocycles. The van der Waals surface area contributed by atoms with E-state index in [1.807, 2.05) is 26.0 Å². The number of hydrogen-bond donors (Lipinski definition) is 0. The van der Waals surface area contributed by atoms with Crippen molar-refractivity contribution >= 4 is 21.7 Å². The lowest BCUT2D eigenvalue weighted by Crippen LogP contribution is -1.99. The first-order chi connectivity index (χ1) is 10.3. The topological polar surface area (TPSA) is 51.2 Å². The predicted molar refractivity (Wildman–Crippen MR) is 88.8 cm³/mol. The maximum absolute atomic E-state index is 12.1. The quantitative estimate of drug-likeness (QED) is 0.640. The lowest BCUT2D eigenvalue weighted by molar-refractivity contribution is 0.104. The van der Waals surface area contributed by atoms with Gasteiger partial charge in [-0.25, -0.2) is 8.42 Å². The zero-order valence-corrected chi connectivity index (χ0v) is 13.6. The van der Waals surface area contributed by atoms with E-state index < -0.39 is 9.84 Å². The Morgan fingerprint density at radius 3 is 2.18 bits per heavy atom. The molecule has 0 atom stereocenters. The molecular formula is C18H18O3S. The highest BCUT2D eigenvalue weighted by molar-refractivity contribution is 7.90. The lowest BCUT2D eigenvalue weighted by atomic mass is 10.0. The van der Waals surface area contributed by atoms with E-state index in [2.05, 4.69) is 6.07 Å². The van der Waals surface area contributed by atoms with E-state index in [4.69, 9.17) is 0 Å². The monoisotopic (exact) mass is 314 g/mol. The van der Waals surface area contributed by atoms with Crippen LogP contribution in [0.25, 0.3) is 6.08 Å². The highest BCUT2D eigenvalue weighted by atomic mass is 32.2. The molecule has 0 spiro atoms. The van der Waals surface area contributed by atoms with Gasteiger partial charge in [0.15, 0.2) is 15.6 Å². The van der Waals surface area contributed by atoms with Crippen LogP contribution in [0, 0.1) is 13.8 Å². The zero-order valence-electron chi connectivity index (χ0n) is 12.8. The van der Waals surface area contributed by atoms with Crippen molar-refractivity contribution in [1.29, 1.82) is 0 Å². The van der Waals surface area contributed by atoms with Crippen molar-refractivity contribution in [2.75, 3.05) is 6.26 Å². The van der Waals surface area contributed by atoms with E-state index in [1.54, 1.807) is 6.08 Å². The fourth-order valence-corrected chi connectivity index (χ4v) is 2.77. The predicted octanol–water partition coefficient (Wildman–Crippen LogP) is 3.60. The molecule has 0 fully saturated rings. The number of carbonyl (C=O) groups excluding carboxylic acids is 1. The van der Waals surface area contributed by atoms with Crippen LogP contribution >= 0.6 is 0 Å². The van der Waals surface area contributed by atoms with Crippen LogP contribution in [0.3, 0.4) is 0 Å². The van der Waals surface area contributed by atoms with E-state index in [-0.39, 0.29) is 10.7 Å². The van der Waals surface area contributed by atoms with Gasteiger partial charge in [-0.05, 0) is 55.3 Å². The normalized spacial score (nSPS) is 11.8. The van der Waals surface area contributed by atoms with Gasteiger partial charge < -0.3 is 0 Å². The number of benzene rings is 2. The highest BCUT2D eigenvalue weighted by Crippen LogP contribution is 2.14. The molecular weight excluding hydrogens is 296 g/mol. The van der Waals surface area contributed by atoms with Gasteiger partial charge in [0.05, 0.1) is 4.90 Å². The molecule has 0 saturated carbocycles. The molecule has 0 N–H and O–H groups in total. The summed E-state index contributed by atoms with van der Waals surface area (Å²) < 4.78 is 22.8. The summed E-state index contributed by atoms with van der Waals surface area (Å²) in [7, 11) is -3.24. The van der Waals surface area contributed by atoms with Crippen molar-refractivity contribution in [3.8, 4) is 0 Å². The van der Waals surface area contributed by atoms with Gasteiger partial charge in [-0.15, -0.1) is 0 Å². The van der Waals surface area contributed by atoms with Gasteiger partial charge in [0.1, 0.15) is 0 Å². The fourth-order valence-electron chi connectivity index (χ4n) is 2.14. The Balaban J connectivity index is 2.20. The van der Waals surface area contributed by atoms with Crippen LogP contribution in [-0.2, 0) is 9.84 Å². The Morgan fingerprint density at radius 1 is 1.00 bits per heavy atom. The Kier molecular flexibility index (Phi) is 4.62. The summed E-state index contributed by atoms with van der Waals surface area (Å²) in [4.78, 5) is 12.3. The van der Waals surface area contributed by atoms with E-state index >= 15 is 0 Å². The van der Waals surface area contributed by atoms with Gasteiger partial charge in [-0.3, -0.25) is 4.79 Å².